The molecule has 0 aliphatic carbocycles. The molecule has 24 heavy (non-hydrogen) atoms. The molecule has 9 heteroatoms. The Labute approximate surface area is 137 Å². The van der Waals surface area contributed by atoms with Crippen LogP contribution >= 0.6 is 0 Å². The summed E-state index contributed by atoms with van der Waals surface area (Å²) in [5.74, 6) is 0.185. The van der Waals surface area contributed by atoms with E-state index in [0.29, 0.717) is 6.54 Å². The number of nitrogens with one attached hydrogen (secondary N) is 4. The third kappa shape index (κ3) is 2.93. The van der Waals surface area contributed by atoms with Crippen LogP contribution in [0, 0.1) is 0 Å². The number of carbonyl (C=O) groups is 1. The third-order valence-corrected chi connectivity index (χ3v) is 4.27. The molecule has 3 aromatic rings. The SMILES string of the molecule is O=C(Nc1nn[nH]n1)N1CCNCC1Cc1ccc2cc[nH]c2c1. The van der Waals surface area contributed by atoms with Crippen LogP contribution in [0.5, 0.6) is 0 Å². The lowest BCUT2D eigenvalue weighted by molar-refractivity contribution is 0.170. The maximum atomic E-state index is 12.5. The van der Waals surface area contributed by atoms with Gasteiger partial charge in [0.25, 0.3) is 5.95 Å². The van der Waals surface area contributed by atoms with Gasteiger partial charge in [-0.3, -0.25) is 5.32 Å². The van der Waals surface area contributed by atoms with Crippen LogP contribution in [0.15, 0.2) is 30.5 Å². The summed E-state index contributed by atoms with van der Waals surface area (Å²) in [5.41, 5.74) is 2.30. The Hall–Kier alpha value is -2.94. The Balaban J connectivity index is 1.49. The van der Waals surface area contributed by atoms with Crippen LogP contribution in [0.3, 0.4) is 0 Å². The predicted molar refractivity (Wildman–Crippen MR) is 88.6 cm³/mol. The number of aromatic nitrogens is 5. The van der Waals surface area contributed by atoms with Crippen molar-refractivity contribution in [1.29, 1.82) is 0 Å². The molecule has 0 saturated carbocycles. The number of hydrogen-bond donors (Lipinski definition) is 4. The highest BCUT2D eigenvalue weighted by molar-refractivity contribution is 5.87. The smallest absolute Gasteiger partial charge is 0.324 e. The molecule has 0 bridgehead atoms. The van der Waals surface area contributed by atoms with Crippen LogP contribution in [0.1, 0.15) is 5.56 Å². The van der Waals surface area contributed by atoms with Gasteiger partial charge in [-0.15, -0.1) is 5.10 Å². The summed E-state index contributed by atoms with van der Waals surface area (Å²) in [5, 5.41) is 20.5. The summed E-state index contributed by atoms with van der Waals surface area (Å²) in [6.07, 6.45) is 2.71. The molecule has 3 heterocycles. The summed E-state index contributed by atoms with van der Waals surface area (Å²) in [4.78, 5) is 17.5. The molecule has 2 aromatic heterocycles. The number of rotatable bonds is 3. The van der Waals surface area contributed by atoms with Gasteiger partial charge in [0.1, 0.15) is 0 Å². The zero-order valence-corrected chi connectivity index (χ0v) is 13.0. The number of H-pyrrole nitrogens is 2. The largest absolute Gasteiger partial charge is 0.361 e. The number of anilines is 1. The second kappa shape index (κ2) is 6.28. The Kier molecular flexibility index (Phi) is 3.83. The van der Waals surface area contributed by atoms with Gasteiger partial charge in [-0.25, -0.2) is 4.79 Å². The number of piperazine rings is 1. The zero-order chi connectivity index (χ0) is 16.4. The van der Waals surface area contributed by atoms with Gasteiger partial charge in [-0.2, -0.15) is 5.21 Å². The lowest BCUT2D eigenvalue weighted by atomic mass is 10.0. The minimum Gasteiger partial charge on any atom is -0.361 e. The van der Waals surface area contributed by atoms with E-state index in [-0.39, 0.29) is 18.0 Å². The number of tetrazole rings is 1. The van der Waals surface area contributed by atoms with E-state index in [1.165, 1.54) is 10.9 Å². The lowest BCUT2D eigenvalue weighted by Gasteiger charge is -2.36. The van der Waals surface area contributed by atoms with Crippen LogP contribution < -0.4 is 10.6 Å². The van der Waals surface area contributed by atoms with Crippen molar-refractivity contribution in [3.63, 3.8) is 0 Å². The Morgan fingerprint density at radius 3 is 3.21 bits per heavy atom. The highest BCUT2D eigenvalue weighted by Crippen LogP contribution is 2.18. The van der Waals surface area contributed by atoms with Crippen molar-refractivity contribution < 1.29 is 4.79 Å². The molecule has 2 amide bonds. The molecule has 4 N–H and O–H groups in total. The molecule has 1 aliphatic heterocycles. The number of amides is 2. The first-order valence-electron chi connectivity index (χ1n) is 7.87. The van der Waals surface area contributed by atoms with Crippen LogP contribution in [0.25, 0.3) is 10.9 Å². The fraction of sp³-hybridized carbons (Fsp3) is 0.333. The van der Waals surface area contributed by atoms with Gasteiger partial charge >= 0.3 is 6.03 Å². The summed E-state index contributed by atoms with van der Waals surface area (Å²) in [6.45, 7) is 2.16. The molecule has 0 spiro atoms. The van der Waals surface area contributed by atoms with Crippen LogP contribution in [0.4, 0.5) is 10.7 Å². The molecule has 124 valence electrons. The maximum Gasteiger partial charge on any atom is 0.324 e. The number of benzene rings is 1. The molecule has 0 radical (unpaired) electrons. The minimum atomic E-state index is -0.205. The van der Waals surface area contributed by atoms with Gasteiger partial charge in [0, 0.05) is 37.4 Å². The average molecular weight is 326 g/mol. The second-order valence-electron chi connectivity index (χ2n) is 5.82. The van der Waals surface area contributed by atoms with E-state index in [2.05, 4.69) is 54.4 Å². The van der Waals surface area contributed by atoms with Gasteiger partial charge in [0.05, 0.1) is 0 Å². The van der Waals surface area contributed by atoms with Gasteiger partial charge < -0.3 is 15.2 Å². The first-order valence-corrected chi connectivity index (χ1v) is 7.87. The second-order valence-corrected chi connectivity index (χ2v) is 5.82. The Bertz CT molecular complexity index is 827. The molecule has 1 fully saturated rings. The number of nitrogens with zero attached hydrogens (tertiary/aromatic N) is 4. The molecule has 1 aromatic carbocycles. The van der Waals surface area contributed by atoms with Crippen LogP contribution in [-0.2, 0) is 6.42 Å². The van der Waals surface area contributed by atoms with E-state index in [0.717, 1.165) is 25.0 Å². The third-order valence-electron chi connectivity index (χ3n) is 4.27. The fourth-order valence-electron chi connectivity index (χ4n) is 3.09. The summed E-state index contributed by atoms with van der Waals surface area (Å²) in [6, 6.07) is 8.26. The molecular formula is C15H18N8O. The standard InChI is InChI=1S/C15H18N8O/c24-15(18-14-19-21-22-20-14)23-6-5-16-9-12(23)7-10-1-2-11-3-4-17-13(11)8-10/h1-4,8,12,16-17H,5-7,9H2,(H2,18,19,20,21,22,24). The van der Waals surface area contributed by atoms with E-state index in [4.69, 9.17) is 0 Å². The van der Waals surface area contributed by atoms with Crippen molar-refractivity contribution in [3.8, 4) is 0 Å². The molecule has 1 unspecified atom stereocenters. The normalized spacial score (nSPS) is 18.0. The van der Waals surface area contributed by atoms with Crippen molar-refractivity contribution >= 4 is 22.9 Å². The first-order chi connectivity index (χ1) is 11.8. The van der Waals surface area contributed by atoms with E-state index in [1.54, 1.807) is 0 Å². The number of carbonyl (C=O) groups excluding carboxylic acids is 1. The Morgan fingerprint density at radius 2 is 2.33 bits per heavy atom. The van der Waals surface area contributed by atoms with Crippen LogP contribution in [-0.4, -0.2) is 62.2 Å². The van der Waals surface area contributed by atoms with Gasteiger partial charge in [0.15, 0.2) is 0 Å². The highest BCUT2D eigenvalue weighted by Gasteiger charge is 2.27. The topological polar surface area (TPSA) is 115 Å². The molecule has 1 saturated heterocycles. The number of hydrogen-bond acceptors (Lipinski definition) is 5. The van der Waals surface area contributed by atoms with Crippen molar-refractivity contribution in [1.82, 2.24) is 35.8 Å². The first kappa shape index (κ1) is 14.6. The van der Waals surface area contributed by atoms with E-state index < -0.39 is 0 Å². The quantitative estimate of drug-likeness (QED) is 0.566. The van der Waals surface area contributed by atoms with Gasteiger partial charge in [-0.1, -0.05) is 17.2 Å². The molecule has 9 nitrogen and oxygen atoms in total. The van der Waals surface area contributed by atoms with Gasteiger partial charge in [-0.05, 0) is 34.7 Å². The van der Waals surface area contributed by atoms with Gasteiger partial charge in [0.2, 0.25) is 0 Å². The van der Waals surface area contributed by atoms with Crippen molar-refractivity contribution in [2.75, 3.05) is 25.0 Å². The summed E-state index contributed by atoms with van der Waals surface area (Å²) in [7, 11) is 0. The minimum absolute atomic E-state index is 0.0677. The monoisotopic (exact) mass is 326 g/mol. The van der Waals surface area contributed by atoms with E-state index in [1.807, 2.05) is 17.2 Å². The van der Waals surface area contributed by atoms with Crippen molar-refractivity contribution in [3.05, 3.63) is 36.0 Å². The van der Waals surface area contributed by atoms with E-state index >= 15 is 0 Å². The number of urea groups is 1. The molecule has 4 rings (SSSR count). The highest BCUT2D eigenvalue weighted by atomic mass is 16.2. The zero-order valence-electron chi connectivity index (χ0n) is 13.0. The maximum absolute atomic E-state index is 12.5. The lowest BCUT2D eigenvalue weighted by Crippen LogP contribution is -2.55. The van der Waals surface area contributed by atoms with E-state index in [9.17, 15) is 4.79 Å². The molecule has 1 atom stereocenters. The van der Waals surface area contributed by atoms with Crippen molar-refractivity contribution in [2.24, 2.45) is 0 Å². The fourth-order valence-corrected chi connectivity index (χ4v) is 3.09. The average Bonchev–Trinajstić information content (AvgIpc) is 3.26. The van der Waals surface area contributed by atoms with Crippen LogP contribution in [0.2, 0.25) is 0 Å². The number of aromatic amines is 2. The molecule has 1 aliphatic rings. The molecular weight excluding hydrogens is 308 g/mol. The Morgan fingerprint density at radius 1 is 1.38 bits per heavy atom. The summed E-state index contributed by atoms with van der Waals surface area (Å²) >= 11 is 0. The van der Waals surface area contributed by atoms with Crippen molar-refractivity contribution in [2.45, 2.75) is 12.5 Å². The number of fused-ring (bicyclic) bond motifs is 1. The predicted octanol–water partition coefficient (Wildman–Crippen LogP) is 0.729. The summed E-state index contributed by atoms with van der Waals surface area (Å²) < 4.78 is 0.